The fourth-order valence-electron chi connectivity index (χ4n) is 6.28. The van der Waals surface area contributed by atoms with E-state index >= 15 is 0 Å². The number of fused-ring (bicyclic) bond motifs is 2. The number of methoxy groups -OCH3 is 1. The number of piperidine rings is 1. The minimum Gasteiger partial charge on any atom is -0.494 e. The van der Waals surface area contributed by atoms with Crippen LogP contribution >= 0.6 is 0 Å². The topological polar surface area (TPSA) is 96.1 Å². The van der Waals surface area contributed by atoms with E-state index in [2.05, 4.69) is 51.5 Å². The molecule has 0 bridgehead atoms. The highest BCUT2D eigenvalue weighted by Gasteiger charge is 2.31. The predicted molar refractivity (Wildman–Crippen MR) is 160 cm³/mol. The Balaban J connectivity index is 1.41. The van der Waals surface area contributed by atoms with Gasteiger partial charge < -0.3 is 24.5 Å². The summed E-state index contributed by atoms with van der Waals surface area (Å²) >= 11 is 0. The van der Waals surface area contributed by atoms with Gasteiger partial charge in [0, 0.05) is 53.9 Å². The third-order valence-corrected chi connectivity index (χ3v) is 8.52. The van der Waals surface area contributed by atoms with E-state index in [1.165, 1.54) is 23.3 Å². The standard InChI is InChI=1S/C32H36FN7O2/c1-3-38-15-21(14-35-38)17-40-30-26(10-23(12-29(30)42-2)32(41)37-18-24(33)13-25(34)19-37)36-31(40)28-11-22-6-4-5-7-27(22)39(28)16-20-8-9-20/h4-7,10-12,14-15,20,24-25H,3,8-9,13,16-19,34H2,1-2H3/t24-,25-/m1/s1. The number of likely N-dealkylation sites (tertiary alicyclic amines) is 1. The number of rotatable bonds is 8. The molecule has 9 nitrogen and oxygen atoms in total. The molecule has 4 heterocycles. The zero-order chi connectivity index (χ0) is 29.0. The number of benzene rings is 2. The molecule has 218 valence electrons. The highest BCUT2D eigenvalue weighted by molar-refractivity contribution is 6.00. The number of ether oxygens (including phenoxy) is 1. The van der Waals surface area contributed by atoms with Gasteiger partial charge in [0.15, 0.2) is 5.82 Å². The Morgan fingerprint density at radius 1 is 1.14 bits per heavy atom. The quantitative estimate of drug-likeness (QED) is 0.288. The van der Waals surface area contributed by atoms with E-state index < -0.39 is 6.17 Å². The van der Waals surface area contributed by atoms with Crippen molar-refractivity contribution in [3.05, 3.63) is 66.0 Å². The molecule has 5 aromatic rings. The summed E-state index contributed by atoms with van der Waals surface area (Å²) in [5.41, 5.74) is 11.2. The van der Waals surface area contributed by atoms with Gasteiger partial charge in [-0.15, -0.1) is 0 Å². The molecule has 2 fully saturated rings. The Bertz CT molecular complexity index is 1770. The maximum absolute atomic E-state index is 14.3. The number of imidazole rings is 1. The Morgan fingerprint density at radius 2 is 1.98 bits per heavy atom. The molecule has 0 spiro atoms. The molecule has 42 heavy (non-hydrogen) atoms. The number of aromatic nitrogens is 5. The predicted octanol–water partition coefficient (Wildman–Crippen LogP) is 4.85. The summed E-state index contributed by atoms with van der Waals surface area (Å²) in [5.74, 6) is 1.74. The van der Waals surface area contributed by atoms with E-state index in [0.29, 0.717) is 35.8 Å². The second-order valence-electron chi connectivity index (χ2n) is 11.7. The molecule has 1 aliphatic heterocycles. The fourth-order valence-corrected chi connectivity index (χ4v) is 6.28. The molecule has 7 rings (SSSR count). The van der Waals surface area contributed by atoms with Crippen LogP contribution in [-0.2, 0) is 19.6 Å². The summed E-state index contributed by atoms with van der Waals surface area (Å²) in [7, 11) is 1.60. The van der Waals surface area contributed by atoms with E-state index in [9.17, 15) is 9.18 Å². The number of amides is 1. The van der Waals surface area contributed by atoms with Gasteiger partial charge in [-0.1, -0.05) is 18.2 Å². The average molecular weight is 570 g/mol. The van der Waals surface area contributed by atoms with E-state index in [0.717, 1.165) is 41.1 Å². The van der Waals surface area contributed by atoms with Crippen LogP contribution in [0.1, 0.15) is 42.1 Å². The first-order valence-corrected chi connectivity index (χ1v) is 14.8. The van der Waals surface area contributed by atoms with Crippen LogP contribution in [-0.4, -0.2) is 67.1 Å². The van der Waals surface area contributed by atoms with Gasteiger partial charge in [0.1, 0.15) is 17.4 Å². The molecule has 10 heteroatoms. The summed E-state index contributed by atoms with van der Waals surface area (Å²) in [6, 6.07) is 13.8. The molecule has 2 N–H and O–H groups in total. The van der Waals surface area contributed by atoms with Crippen molar-refractivity contribution in [2.75, 3.05) is 20.2 Å². The molecule has 1 amide bonds. The molecule has 1 aliphatic carbocycles. The van der Waals surface area contributed by atoms with Crippen molar-refractivity contribution in [2.45, 2.75) is 58.0 Å². The van der Waals surface area contributed by atoms with Crippen LogP contribution in [0.4, 0.5) is 4.39 Å². The smallest absolute Gasteiger partial charge is 0.254 e. The Morgan fingerprint density at radius 3 is 2.71 bits per heavy atom. The second kappa shape index (κ2) is 10.6. The fraction of sp³-hybridized carbons (Fsp3) is 0.406. The average Bonchev–Trinajstić information content (AvgIpc) is 3.40. The van der Waals surface area contributed by atoms with Gasteiger partial charge in [-0.05, 0) is 56.4 Å². The lowest BCUT2D eigenvalue weighted by atomic mass is 10.0. The Labute approximate surface area is 243 Å². The molecule has 0 radical (unpaired) electrons. The molecule has 0 unspecified atom stereocenters. The number of halogens is 1. The van der Waals surface area contributed by atoms with Gasteiger partial charge in [0.05, 0.1) is 37.6 Å². The minimum atomic E-state index is -1.13. The van der Waals surface area contributed by atoms with E-state index in [-0.39, 0.29) is 24.9 Å². The van der Waals surface area contributed by atoms with E-state index in [4.69, 9.17) is 15.5 Å². The first-order valence-electron chi connectivity index (χ1n) is 14.8. The number of nitrogens with zero attached hydrogens (tertiary/aromatic N) is 6. The van der Waals surface area contributed by atoms with Crippen molar-refractivity contribution in [2.24, 2.45) is 11.7 Å². The maximum atomic E-state index is 14.3. The van der Waals surface area contributed by atoms with Gasteiger partial charge in [0.2, 0.25) is 0 Å². The maximum Gasteiger partial charge on any atom is 0.254 e. The monoisotopic (exact) mass is 569 g/mol. The van der Waals surface area contributed by atoms with Crippen molar-refractivity contribution in [1.82, 2.24) is 28.8 Å². The van der Waals surface area contributed by atoms with Crippen LogP contribution in [0.2, 0.25) is 0 Å². The third-order valence-electron chi connectivity index (χ3n) is 8.52. The normalized spacial score (nSPS) is 19.2. The summed E-state index contributed by atoms with van der Waals surface area (Å²) in [5, 5.41) is 5.66. The van der Waals surface area contributed by atoms with Crippen molar-refractivity contribution in [1.29, 1.82) is 0 Å². The molecule has 2 aliphatic rings. The van der Waals surface area contributed by atoms with Gasteiger partial charge in [-0.2, -0.15) is 5.10 Å². The number of hydrogen-bond acceptors (Lipinski definition) is 5. The number of aryl methyl sites for hydroxylation is 1. The highest BCUT2D eigenvalue weighted by atomic mass is 19.1. The lowest BCUT2D eigenvalue weighted by molar-refractivity contribution is 0.0606. The van der Waals surface area contributed by atoms with Crippen LogP contribution in [0.3, 0.4) is 0 Å². The first-order chi connectivity index (χ1) is 20.4. The SMILES string of the molecule is CCn1cc(Cn2c(-c3cc4ccccc4n3CC3CC3)nc3cc(C(=O)N4C[C@H](N)C[C@@H](F)C4)cc(OC)c32)cn1. The Hall–Kier alpha value is -4.18. The summed E-state index contributed by atoms with van der Waals surface area (Å²) < 4.78 is 26.7. The van der Waals surface area contributed by atoms with Crippen molar-refractivity contribution in [3.8, 4) is 17.3 Å². The van der Waals surface area contributed by atoms with Crippen LogP contribution in [0.15, 0.2) is 54.9 Å². The summed E-state index contributed by atoms with van der Waals surface area (Å²) in [4.78, 5) is 20.3. The number of carbonyl (C=O) groups is 1. The number of hydrogen-bond donors (Lipinski definition) is 1. The number of alkyl halides is 1. The summed E-state index contributed by atoms with van der Waals surface area (Å²) in [6.07, 6.45) is 5.54. The number of nitrogens with two attached hydrogens (primary N) is 1. The molecular weight excluding hydrogens is 533 g/mol. The second-order valence-corrected chi connectivity index (χ2v) is 11.7. The molecular formula is C32H36FN7O2. The van der Waals surface area contributed by atoms with Crippen molar-refractivity contribution < 1.29 is 13.9 Å². The third kappa shape index (κ3) is 4.83. The van der Waals surface area contributed by atoms with Crippen LogP contribution in [0.25, 0.3) is 33.5 Å². The van der Waals surface area contributed by atoms with E-state index in [1.807, 2.05) is 17.1 Å². The van der Waals surface area contributed by atoms with Crippen molar-refractivity contribution >= 4 is 27.8 Å². The van der Waals surface area contributed by atoms with Crippen LogP contribution in [0, 0.1) is 5.92 Å². The lowest BCUT2D eigenvalue weighted by Crippen LogP contribution is -2.50. The number of para-hydroxylation sites is 1. The first kappa shape index (κ1) is 26.7. The molecule has 1 saturated carbocycles. The lowest BCUT2D eigenvalue weighted by Gasteiger charge is -2.33. The largest absolute Gasteiger partial charge is 0.494 e. The van der Waals surface area contributed by atoms with E-state index in [1.54, 1.807) is 19.2 Å². The van der Waals surface area contributed by atoms with Gasteiger partial charge >= 0.3 is 0 Å². The molecule has 2 aromatic carbocycles. The van der Waals surface area contributed by atoms with Gasteiger partial charge in [-0.3, -0.25) is 9.48 Å². The molecule has 3 aromatic heterocycles. The Kier molecular flexibility index (Phi) is 6.73. The minimum absolute atomic E-state index is 0.0370. The van der Waals surface area contributed by atoms with Crippen molar-refractivity contribution in [3.63, 3.8) is 0 Å². The van der Waals surface area contributed by atoms with Crippen LogP contribution < -0.4 is 10.5 Å². The highest BCUT2D eigenvalue weighted by Crippen LogP contribution is 2.38. The van der Waals surface area contributed by atoms with Crippen LogP contribution in [0.5, 0.6) is 5.75 Å². The summed E-state index contributed by atoms with van der Waals surface area (Å²) in [6.45, 7) is 4.66. The van der Waals surface area contributed by atoms with Gasteiger partial charge in [0.25, 0.3) is 5.91 Å². The molecule has 1 saturated heterocycles. The zero-order valence-corrected chi connectivity index (χ0v) is 24.0. The number of carbonyl (C=O) groups excluding carboxylic acids is 1. The zero-order valence-electron chi connectivity index (χ0n) is 24.0. The van der Waals surface area contributed by atoms with Gasteiger partial charge in [-0.25, -0.2) is 9.37 Å². The molecule has 2 atom stereocenters.